The molecule has 5 heteroatoms. The van der Waals surface area contributed by atoms with Crippen LogP contribution >= 0.6 is 24.0 Å². The first kappa shape index (κ1) is 20.5. The van der Waals surface area contributed by atoms with E-state index < -0.39 is 0 Å². The molecule has 1 aliphatic heterocycles. The van der Waals surface area contributed by atoms with Gasteiger partial charge in [-0.1, -0.05) is 30.7 Å². The Morgan fingerprint density at radius 3 is 2.36 bits per heavy atom. The van der Waals surface area contributed by atoms with E-state index >= 15 is 0 Å². The third-order valence-corrected chi connectivity index (χ3v) is 5.42. The van der Waals surface area contributed by atoms with Gasteiger partial charge in [0.15, 0.2) is 5.96 Å². The summed E-state index contributed by atoms with van der Waals surface area (Å²) in [7, 11) is 4.21. The molecule has 1 N–H and O–H groups in total. The molecule has 4 nitrogen and oxygen atoms in total. The standard InChI is InChI=1S/C20H32N4.HI/c1-4-21-19(24-13-12-20(16-24)10-5-11-20)22-14-17-6-8-18(9-7-17)15-23(2)3;/h6-9H,4-5,10-16H2,1-3H3,(H,21,22);1H. The van der Waals surface area contributed by atoms with E-state index in [0.717, 1.165) is 32.1 Å². The zero-order chi connectivity index (χ0) is 17.0. The summed E-state index contributed by atoms with van der Waals surface area (Å²) in [6.45, 7) is 7.19. The molecule has 0 amide bonds. The summed E-state index contributed by atoms with van der Waals surface area (Å²) in [4.78, 5) is 9.57. The molecular weight excluding hydrogens is 423 g/mol. The Hall–Kier alpha value is -0.820. The van der Waals surface area contributed by atoms with E-state index in [4.69, 9.17) is 4.99 Å². The lowest BCUT2D eigenvalue weighted by atomic mass is 9.68. The zero-order valence-corrected chi connectivity index (χ0v) is 18.3. The number of hydrogen-bond acceptors (Lipinski definition) is 2. The van der Waals surface area contributed by atoms with Crippen LogP contribution in [0.1, 0.15) is 43.7 Å². The van der Waals surface area contributed by atoms with Crippen molar-refractivity contribution >= 4 is 29.9 Å². The van der Waals surface area contributed by atoms with Crippen LogP contribution in [0.5, 0.6) is 0 Å². The molecule has 25 heavy (non-hydrogen) atoms. The number of nitrogens with one attached hydrogen (secondary N) is 1. The predicted octanol–water partition coefficient (Wildman–Crippen LogP) is 3.71. The Bertz CT molecular complexity index is 564. The maximum atomic E-state index is 4.90. The van der Waals surface area contributed by atoms with Gasteiger partial charge in [0, 0.05) is 26.2 Å². The molecule has 2 fully saturated rings. The number of rotatable bonds is 5. The van der Waals surface area contributed by atoms with E-state index in [9.17, 15) is 0 Å². The van der Waals surface area contributed by atoms with Crippen LogP contribution in [-0.4, -0.2) is 49.5 Å². The van der Waals surface area contributed by atoms with Gasteiger partial charge in [0.25, 0.3) is 0 Å². The summed E-state index contributed by atoms with van der Waals surface area (Å²) in [5.74, 6) is 1.10. The molecule has 1 aromatic carbocycles. The van der Waals surface area contributed by atoms with Gasteiger partial charge in [0.05, 0.1) is 6.54 Å². The smallest absolute Gasteiger partial charge is 0.194 e. The van der Waals surface area contributed by atoms with Crippen molar-refractivity contribution in [1.29, 1.82) is 0 Å². The van der Waals surface area contributed by atoms with Gasteiger partial charge in [-0.3, -0.25) is 0 Å². The molecule has 0 aromatic heterocycles. The Labute approximate surface area is 170 Å². The van der Waals surface area contributed by atoms with Crippen LogP contribution in [0.4, 0.5) is 0 Å². The van der Waals surface area contributed by atoms with Crippen molar-refractivity contribution in [2.45, 2.75) is 45.7 Å². The predicted molar refractivity (Wildman–Crippen MR) is 117 cm³/mol. The van der Waals surface area contributed by atoms with Gasteiger partial charge in [-0.25, -0.2) is 4.99 Å². The topological polar surface area (TPSA) is 30.9 Å². The molecule has 0 radical (unpaired) electrons. The van der Waals surface area contributed by atoms with Crippen LogP contribution in [0, 0.1) is 5.41 Å². The monoisotopic (exact) mass is 456 g/mol. The van der Waals surface area contributed by atoms with Crippen LogP contribution in [0.25, 0.3) is 0 Å². The summed E-state index contributed by atoms with van der Waals surface area (Å²) in [5, 5.41) is 3.49. The fourth-order valence-electron chi connectivity index (χ4n) is 3.91. The molecule has 0 unspecified atom stereocenters. The van der Waals surface area contributed by atoms with E-state index in [1.54, 1.807) is 0 Å². The number of aliphatic imine (C=N–C) groups is 1. The molecule has 1 spiro atoms. The van der Waals surface area contributed by atoms with Crippen LogP contribution in [0.15, 0.2) is 29.3 Å². The van der Waals surface area contributed by atoms with Crippen molar-refractivity contribution in [1.82, 2.24) is 15.1 Å². The number of guanidine groups is 1. The Kier molecular flexibility index (Phi) is 7.55. The largest absolute Gasteiger partial charge is 0.357 e. The Balaban J connectivity index is 0.00000225. The highest BCUT2D eigenvalue weighted by Crippen LogP contribution is 2.47. The molecular formula is C20H33IN4. The van der Waals surface area contributed by atoms with Crippen molar-refractivity contribution in [3.05, 3.63) is 35.4 Å². The van der Waals surface area contributed by atoms with Crippen molar-refractivity contribution in [2.75, 3.05) is 33.7 Å². The minimum Gasteiger partial charge on any atom is -0.357 e. The summed E-state index contributed by atoms with van der Waals surface area (Å²) in [6.07, 6.45) is 5.59. The number of likely N-dealkylation sites (tertiary alicyclic amines) is 1. The Morgan fingerprint density at radius 1 is 1.16 bits per heavy atom. The van der Waals surface area contributed by atoms with Gasteiger partial charge in [0.1, 0.15) is 0 Å². The first-order chi connectivity index (χ1) is 11.6. The van der Waals surface area contributed by atoms with Gasteiger partial charge < -0.3 is 15.1 Å². The molecule has 0 bridgehead atoms. The van der Waals surface area contributed by atoms with Crippen molar-refractivity contribution in [2.24, 2.45) is 10.4 Å². The first-order valence-corrected chi connectivity index (χ1v) is 9.36. The third kappa shape index (κ3) is 5.33. The van der Waals surface area contributed by atoms with E-state index in [2.05, 4.69) is 60.4 Å². The van der Waals surface area contributed by atoms with Crippen LogP contribution in [0.3, 0.4) is 0 Å². The normalized spacial score (nSPS) is 19.0. The molecule has 3 rings (SSSR count). The van der Waals surface area contributed by atoms with Crippen molar-refractivity contribution in [3.63, 3.8) is 0 Å². The van der Waals surface area contributed by atoms with Gasteiger partial charge in [-0.2, -0.15) is 0 Å². The molecule has 0 atom stereocenters. The lowest BCUT2D eigenvalue weighted by Crippen LogP contribution is -2.42. The van der Waals surface area contributed by atoms with Crippen molar-refractivity contribution < 1.29 is 0 Å². The van der Waals surface area contributed by atoms with Gasteiger partial charge in [-0.05, 0) is 56.8 Å². The maximum absolute atomic E-state index is 4.90. The number of benzene rings is 1. The molecule has 1 saturated carbocycles. The summed E-state index contributed by atoms with van der Waals surface area (Å²) in [6, 6.07) is 8.86. The van der Waals surface area contributed by atoms with Crippen LogP contribution in [-0.2, 0) is 13.1 Å². The first-order valence-electron chi connectivity index (χ1n) is 9.36. The number of halogens is 1. The SMILES string of the molecule is CCNC(=NCc1ccc(CN(C)C)cc1)N1CCC2(CCC2)C1.I. The highest BCUT2D eigenvalue weighted by molar-refractivity contribution is 14.0. The highest BCUT2D eigenvalue weighted by Gasteiger charge is 2.43. The average molecular weight is 456 g/mol. The summed E-state index contributed by atoms with van der Waals surface area (Å²) < 4.78 is 0. The van der Waals surface area contributed by atoms with Gasteiger partial charge in [0.2, 0.25) is 0 Å². The lowest BCUT2D eigenvalue weighted by Gasteiger charge is -2.38. The molecule has 1 saturated heterocycles. The average Bonchev–Trinajstić information content (AvgIpc) is 2.98. The zero-order valence-electron chi connectivity index (χ0n) is 15.9. The fraction of sp³-hybridized carbons (Fsp3) is 0.650. The number of hydrogen-bond donors (Lipinski definition) is 1. The second kappa shape index (κ2) is 9.21. The van der Waals surface area contributed by atoms with Crippen LogP contribution < -0.4 is 5.32 Å². The number of nitrogens with zero attached hydrogens (tertiary/aromatic N) is 3. The Morgan fingerprint density at radius 2 is 1.84 bits per heavy atom. The quantitative estimate of drug-likeness (QED) is 0.417. The van der Waals surface area contributed by atoms with Gasteiger partial charge in [-0.15, -0.1) is 24.0 Å². The van der Waals surface area contributed by atoms with Crippen LogP contribution in [0.2, 0.25) is 0 Å². The second-order valence-corrected chi connectivity index (χ2v) is 7.75. The minimum absolute atomic E-state index is 0. The van der Waals surface area contributed by atoms with E-state index in [-0.39, 0.29) is 24.0 Å². The molecule has 2 aliphatic rings. The summed E-state index contributed by atoms with van der Waals surface area (Å²) >= 11 is 0. The summed E-state index contributed by atoms with van der Waals surface area (Å²) in [5.41, 5.74) is 3.25. The maximum Gasteiger partial charge on any atom is 0.194 e. The van der Waals surface area contributed by atoms with E-state index in [1.807, 2.05) is 0 Å². The minimum atomic E-state index is 0. The van der Waals surface area contributed by atoms with E-state index in [1.165, 1.54) is 43.4 Å². The highest BCUT2D eigenvalue weighted by atomic mass is 127. The molecule has 1 aliphatic carbocycles. The lowest BCUT2D eigenvalue weighted by molar-refractivity contribution is 0.151. The van der Waals surface area contributed by atoms with E-state index in [0.29, 0.717) is 5.41 Å². The van der Waals surface area contributed by atoms with Crippen molar-refractivity contribution in [3.8, 4) is 0 Å². The molecule has 1 aromatic rings. The molecule has 1 heterocycles. The molecule has 140 valence electrons. The van der Waals surface area contributed by atoms with Gasteiger partial charge >= 0.3 is 0 Å². The fourth-order valence-corrected chi connectivity index (χ4v) is 3.91. The third-order valence-electron chi connectivity index (χ3n) is 5.42. The second-order valence-electron chi connectivity index (χ2n) is 7.75.